The first kappa shape index (κ1) is 38.1. The SMILES string of the molecule is CCCCCCCCCCCCOc1ccc(C(=O)N(CCCc2cccc[n+]2CCC)C(C)=O)cc1C(C)(C)C.[I-]. The Hall–Kier alpha value is -1.96. The predicted molar refractivity (Wildman–Crippen MR) is 169 cm³/mol. The fraction of sp³-hybridized carbons (Fsp3) is 0.639. The van der Waals surface area contributed by atoms with Gasteiger partial charge in [-0.05, 0) is 36.5 Å². The molecule has 1 aromatic carbocycles. The van der Waals surface area contributed by atoms with Gasteiger partial charge in [-0.1, -0.05) is 98.5 Å². The van der Waals surface area contributed by atoms with E-state index >= 15 is 0 Å². The second-order valence-electron chi connectivity index (χ2n) is 12.5. The lowest BCUT2D eigenvalue weighted by Crippen LogP contribution is -3.00. The smallest absolute Gasteiger partial charge is 0.260 e. The molecule has 2 rings (SSSR count). The van der Waals surface area contributed by atoms with Crippen LogP contribution in [0.3, 0.4) is 0 Å². The molecule has 2 aromatic rings. The predicted octanol–water partition coefficient (Wildman–Crippen LogP) is 5.61. The molecule has 0 N–H and O–H groups in total. The molecule has 236 valence electrons. The van der Waals surface area contributed by atoms with Crippen LogP contribution >= 0.6 is 0 Å². The molecule has 2 amide bonds. The van der Waals surface area contributed by atoms with Gasteiger partial charge in [0, 0.05) is 49.6 Å². The molecule has 42 heavy (non-hydrogen) atoms. The number of benzene rings is 1. The number of hydrogen-bond acceptors (Lipinski definition) is 3. The van der Waals surface area contributed by atoms with Crippen molar-refractivity contribution in [2.45, 2.75) is 137 Å². The van der Waals surface area contributed by atoms with E-state index < -0.39 is 0 Å². The van der Waals surface area contributed by atoms with Crippen molar-refractivity contribution >= 4 is 11.8 Å². The topological polar surface area (TPSA) is 50.5 Å². The van der Waals surface area contributed by atoms with E-state index in [-0.39, 0.29) is 41.2 Å². The molecule has 0 atom stereocenters. The minimum absolute atomic E-state index is 0. The van der Waals surface area contributed by atoms with E-state index in [0.717, 1.165) is 43.5 Å². The summed E-state index contributed by atoms with van der Waals surface area (Å²) in [7, 11) is 0. The summed E-state index contributed by atoms with van der Waals surface area (Å²) in [4.78, 5) is 27.4. The monoisotopic (exact) mass is 692 g/mol. The van der Waals surface area contributed by atoms with Gasteiger partial charge in [-0.25, -0.2) is 4.57 Å². The van der Waals surface area contributed by atoms with Gasteiger partial charge in [0.15, 0.2) is 11.9 Å². The van der Waals surface area contributed by atoms with Crippen molar-refractivity contribution in [1.29, 1.82) is 0 Å². The fourth-order valence-electron chi connectivity index (χ4n) is 5.32. The van der Waals surface area contributed by atoms with Crippen LogP contribution in [-0.2, 0) is 23.2 Å². The van der Waals surface area contributed by atoms with E-state index in [0.29, 0.717) is 18.7 Å². The molecule has 0 saturated carbocycles. The van der Waals surface area contributed by atoms with Crippen LogP contribution in [0.4, 0.5) is 0 Å². The number of amides is 2. The summed E-state index contributed by atoms with van der Waals surface area (Å²) in [6.45, 7) is 14.4. The van der Waals surface area contributed by atoms with Crippen molar-refractivity contribution in [3.05, 3.63) is 59.4 Å². The molecule has 1 heterocycles. The van der Waals surface area contributed by atoms with Crippen molar-refractivity contribution in [3.63, 3.8) is 0 Å². The molecule has 6 heteroatoms. The van der Waals surface area contributed by atoms with Crippen LogP contribution in [0.25, 0.3) is 0 Å². The van der Waals surface area contributed by atoms with Crippen LogP contribution in [0.2, 0.25) is 0 Å². The zero-order chi connectivity index (χ0) is 30.1. The van der Waals surface area contributed by atoms with Gasteiger partial charge in [0.05, 0.1) is 6.61 Å². The summed E-state index contributed by atoms with van der Waals surface area (Å²) >= 11 is 0. The number of pyridine rings is 1. The van der Waals surface area contributed by atoms with Crippen molar-refractivity contribution in [3.8, 4) is 5.75 Å². The molecule has 0 radical (unpaired) electrons. The molecule has 0 bridgehead atoms. The number of halogens is 1. The zero-order valence-electron chi connectivity index (χ0n) is 27.4. The van der Waals surface area contributed by atoms with Crippen LogP contribution in [0.15, 0.2) is 42.6 Å². The van der Waals surface area contributed by atoms with Gasteiger partial charge in [-0.3, -0.25) is 14.5 Å². The van der Waals surface area contributed by atoms with Gasteiger partial charge in [-0.2, -0.15) is 0 Å². The van der Waals surface area contributed by atoms with Crippen molar-refractivity contribution < 1.29 is 42.9 Å². The standard InChI is InChI=1S/C36H57N2O3.HI/c1-7-9-10-11-12-13-14-15-16-19-28-41-34-24-23-31(29-33(34)36(4,5)6)35(40)38(30(3)39)27-20-22-32-21-17-18-26-37(32)25-8-2;/h17-18,21,23-24,26,29H,7-16,19-20,22,25,27-28H2,1-6H3;1H/q+1;/p-1. The number of carbonyl (C=O) groups is 2. The van der Waals surface area contributed by atoms with Gasteiger partial charge in [0.25, 0.3) is 5.91 Å². The Morgan fingerprint density at radius 1 is 0.833 bits per heavy atom. The van der Waals surface area contributed by atoms with E-state index in [1.54, 1.807) is 0 Å². The van der Waals surface area contributed by atoms with Crippen LogP contribution < -0.4 is 33.3 Å². The molecule has 0 aliphatic heterocycles. The first-order valence-corrected chi connectivity index (χ1v) is 16.3. The van der Waals surface area contributed by atoms with Crippen molar-refractivity contribution in [1.82, 2.24) is 4.90 Å². The van der Waals surface area contributed by atoms with E-state index in [9.17, 15) is 9.59 Å². The Balaban J connectivity index is 0.00000882. The maximum absolute atomic E-state index is 13.5. The third-order valence-corrected chi connectivity index (χ3v) is 7.73. The summed E-state index contributed by atoms with van der Waals surface area (Å²) in [5, 5.41) is 0. The lowest BCUT2D eigenvalue weighted by atomic mass is 9.85. The fourth-order valence-corrected chi connectivity index (χ4v) is 5.32. The van der Waals surface area contributed by atoms with Crippen molar-refractivity contribution in [2.24, 2.45) is 0 Å². The number of hydrogen-bond donors (Lipinski definition) is 0. The number of unbranched alkanes of at least 4 members (excludes halogenated alkanes) is 9. The summed E-state index contributed by atoms with van der Waals surface area (Å²) < 4.78 is 8.48. The third-order valence-electron chi connectivity index (χ3n) is 7.73. The summed E-state index contributed by atoms with van der Waals surface area (Å²) in [5.41, 5.74) is 2.58. The first-order valence-electron chi connectivity index (χ1n) is 16.3. The third kappa shape index (κ3) is 13.6. The lowest BCUT2D eigenvalue weighted by Gasteiger charge is -2.25. The number of imide groups is 1. The normalized spacial score (nSPS) is 11.2. The average Bonchev–Trinajstić information content (AvgIpc) is 2.94. The summed E-state index contributed by atoms with van der Waals surface area (Å²) in [6, 6.07) is 11.9. The average molecular weight is 693 g/mol. The van der Waals surface area contributed by atoms with Gasteiger partial charge in [0.1, 0.15) is 12.3 Å². The molecule has 0 aliphatic carbocycles. The Kier molecular flexibility index (Phi) is 18.9. The van der Waals surface area contributed by atoms with E-state index in [1.807, 2.05) is 30.3 Å². The minimum atomic E-state index is -0.237. The Bertz CT molecular complexity index is 1060. The highest BCUT2D eigenvalue weighted by Crippen LogP contribution is 2.33. The highest BCUT2D eigenvalue weighted by atomic mass is 127. The number of aryl methyl sites for hydroxylation is 2. The van der Waals surface area contributed by atoms with Gasteiger partial charge >= 0.3 is 0 Å². The number of carbonyl (C=O) groups excluding carboxylic acids is 2. The highest BCUT2D eigenvalue weighted by Gasteiger charge is 2.25. The van der Waals surface area contributed by atoms with E-state index in [4.69, 9.17) is 4.74 Å². The second-order valence-corrected chi connectivity index (χ2v) is 12.5. The molecule has 0 saturated heterocycles. The molecular formula is C36H57IN2O3. The molecule has 0 unspecified atom stereocenters. The summed E-state index contributed by atoms with van der Waals surface area (Å²) in [6.07, 6.45) is 17.6. The van der Waals surface area contributed by atoms with Gasteiger partial charge in [-0.15, -0.1) is 0 Å². The maximum Gasteiger partial charge on any atom is 0.260 e. The molecule has 0 aliphatic rings. The molecule has 5 nitrogen and oxygen atoms in total. The van der Waals surface area contributed by atoms with Crippen molar-refractivity contribution in [2.75, 3.05) is 13.2 Å². The molecule has 0 fully saturated rings. The highest BCUT2D eigenvalue weighted by molar-refractivity contribution is 6.04. The largest absolute Gasteiger partial charge is 1.00 e. The summed E-state index contributed by atoms with van der Waals surface area (Å²) in [5.74, 6) is 0.380. The molecule has 1 aromatic heterocycles. The van der Waals surface area contributed by atoms with Crippen LogP contribution in [0, 0.1) is 0 Å². The number of aromatic nitrogens is 1. The van der Waals surface area contributed by atoms with E-state index in [2.05, 4.69) is 51.4 Å². The maximum atomic E-state index is 13.5. The number of rotatable bonds is 19. The Labute approximate surface area is 273 Å². The lowest BCUT2D eigenvalue weighted by molar-refractivity contribution is -0.704. The van der Waals surface area contributed by atoms with Gasteiger partial charge < -0.3 is 28.7 Å². The molecule has 0 spiro atoms. The quantitative estimate of drug-likeness (QED) is 0.109. The van der Waals surface area contributed by atoms with E-state index in [1.165, 1.54) is 75.3 Å². The van der Waals surface area contributed by atoms with Crippen LogP contribution in [0.5, 0.6) is 5.75 Å². The molecular weight excluding hydrogens is 635 g/mol. The second kappa shape index (κ2) is 20.9. The first-order chi connectivity index (χ1) is 19.7. The van der Waals surface area contributed by atoms with Crippen LogP contribution in [0.1, 0.15) is 140 Å². The zero-order valence-corrected chi connectivity index (χ0v) is 29.5. The van der Waals surface area contributed by atoms with Gasteiger partial charge in [0.2, 0.25) is 5.91 Å². The van der Waals surface area contributed by atoms with Crippen LogP contribution in [-0.4, -0.2) is 29.9 Å². The Morgan fingerprint density at radius 3 is 2.07 bits per heavy atom. The number of ether oxygens (including phenoxy) is 1. The number of nitrogens with zero attached hydrogens (tertiary/aromatic N) is 2. The Morgan fingerprint density at radius 2 is 1.48 bits per heavy atom. The minimum Gasteiger partial charge on any atom is -1.00 e.